The van der Waals surface area contributed by atoms with Crippen LogP contribution < -0.4 is 9.47 Å². The van der Waals surface area contributed by atoms with Gasteiger partial charge in [-0.05, 0) is 52.4 Å². The van der Waals surface area contributed by atoms with Gasteiger partial charge in [-0.15, -0.1) is 0 Å². The lowest BCUT2D eigenvalue weighted by Crippen LogP contribution is -1.95. The Labute approximate surface area is 193 Å². The van der Waals surface area contributed by atoms with Crippen LogP contribution in [0.5, 0.6) is 17.2 Å². The zero-order valence-corrected chi connectivity index (χ0v) is 18.1. The summed E-state index contributed by atoms with van der Waals surface area (Å²) in [5.41, 5.74) is 3.97. The summed E-state index contributed by atoms with van der Waals surface area (Å²) in [5, 5.41) is 12.7. The molecule has 3 heteroatoms. The number of benzene rings is 5. The summed E-state index contributed by atoms with van der Waals surface area (Å²) in [5.74, 6) is 1.83. The highest BCUT2D eigenvalue weighted by molar-refractivity contribution is 5.95. The van der Waals surface area contributed by atoms with Crippen LogP contribution in [0.1, 0.15) is 11.1 Å². The van der Waals surface area contributed by atoms with Gasteiger partial charge in [0.05, 0.1) is 0 Å². The normalized spacial score (nSPS) is 10.8. The molecule has 5 aromatic rings. The monoisotopic (exact) mass is 432 g/mol. The summed E-state index contributed by atoms with van der Waals surface area (Å²) >= 11 is 0. The number of fused-ring (bicyclic) bond motifs is 1. The van der Waals surface area contributed by atoms with Gasteiger partial charge in [0.25, 0.3) is 0 Å². The number of hydrogen-bond donors (Lipinski definition) is 1. The summed E-state index contributed by atoms with van der Waals surface area (Å²) in [6.45, 7) is 1.03. The third-order valence-electron chi connectivity index (χ3n) is 5.62. The zero-order valence-electron chi connectivity index (χ0n) is 18.1. The van der Waals surface area contributed by atoms with Gasteiger partial charge in [0.2, 0.25) is 0 Å². The van der Waals surface area contributed by atoms with E-state index in [0.29, 0.717) is 13.2 Å². The van der Waals surface area contributed by atoms with Gasteiger partial charge in [0.1, 0.15) is 30.5 Å². The first-order chi connectivity index (χ1) is 16.3. The molecule has 0 fully saturated rings. The Morgan fingerprint density at radius 3 is 1.76 bits per heavy atom. The van der Waals surface area contributed by atoms with Crippen molar-refractivity contribution in [1.82, 2.24) is 0 Å². The van der Waals surface area contributed by atoms with Gasteiger partial charge in [-0.3, -0.25) is 0 Å². The van der Waals surface area contributed by atoms with Crippen molar-refractivity contribution in [2.45, 2.75) is 13.2 Å². The van der Waals surface area contributed by atoms with E-state index in [-0.39, 0.29) is 5.75 Å². The molecule has 5 aromatic carbocycles. The summed E-state index contributed by atoms with van der Waals surface area (Å²) in [4.78, 5) is 0. The lowest BCUT2D eigenvalue weighted by atomic mass is 9.99. The smallest absolute Gasteiger partial charge is 0.131 e. The summed E-state index contributed by atoms with van der Waals surface area (Å²) in [6, 6.07) is 37.7. The Morgan fingerprint density at radius 2 is 1.12 bits per heavy atom. The number of aromatic hydroxyl groups is 1. The van der Waals surface area contributed by atoms with E-state index in [9.17, 15) is 5.11 Å². The van der Waals surface area contributed by atoms with Crippen molar-refractivity contribution in [1.29, 1.82) is 0 Å². The van der Waals surface area contributed by atoms with E-state index in [2.05, 4.69) is 0 Å². The largest absolute Gasteiger partial charge is 0.507 e. The first-order valence-corrected chi connectivity index (χ1v) is 11.0. The first kappa shape index (κ1) is 20.7. The van der Waals surface area contributed by atoms with Gasteiger partial charge in [-0.1, -0.05) is 84.9 Å². The fourth-order valence-electron chi connectivity index (χ4n) is 3.83. The molecule has 0 unspecified atom stereocenters. The van der Waals surface area contributed by atoms with Crippen molar-refractivity contribution in [3.63, 3.8) is 0 Å². The van der Waals surface area contributed by atoms with Crippen LogP contribution in [0.2, 0.25) is 0 Å². The van der Waals surface area contributed by atoms with Crippen LogP contribution in [-0.2, 0) is 13.2 Å². The van der Waals surface area contributed by atoms with Crippen LogP contribution in [-0.4, -0.2) is 5.11 Å². The van der Waals surface area contributed by atoms with E-state index < -0.39 is 0 Å². The van der Waals surface area contributed by atoms with Gasteiger partial charge in [-0.25, -0.2) is 0 Å². The van der Waals surface area contributed by atoms with Crippen molar-refractivity contribution in [2.75, 3.05) is 0 Å². The highest BCUT2D eigenvalue weighted by atomic mass is 16.5. The molecule has 0 radical (unpaired) electrons. The predicted molar refractivity (Wildman–Crippen MR) is 133 cm³/mol. The van der Waals surface area contributed by atoms with Gasteiger partial charge in [0, 0.05) is 10.9 Å². The Bertz CT molecular complexity index is 1340. The van der Waals surface area contributed by atoms with Crippen molar-refractivity contribution in [2.24, 2.45) is 0 Å². The molecular weight excluding hydrogens is 408 g/mol. The summed E-state index contributed by atoms with van der Waals surface area (Å²) in [7, 11) is 0. The van der Waals surface area contributed by atoms with Gasteiger partial charge in [-0.2, -0.15) is 0 Å². The van der Waals surface area contributed by atoms with E-state index in [1.165, 1.54) is 0 Å². The second-order valence-electron chi connectivity index (χ2n) is 7.92. The fraction of sp³-hybridized carbons (Fsp3) is 0.0667. The average molecular weight is 433 g/mol. The second kappa shape index (κ2) is 9.49. The number of hydrogen-bond acceptors (Lipinski definition) is 3. The molecule has 0 spiro atoms. The maximum Gasteiger partial charge on any atom is 0.131 e. The SMILES string of the molecule is Oc1c(-c2ccc(OCc3ccccc3)cc2)ccc2cc(OCc3ccccc3)ccc12. The second-order valence-corrected chi connectivity index (χ2v) is 7.92. The molecule has 0 aliphatic carbocycles. The molecule has 0 atom stereocenters. The molecule has 0 aromatic heterocycles. The molecule has 3 nitrogen and oxygen atoms in total. The maximum atomic E-state index is 11.0. The molecule has 0 saturated carbocycles. The van der Waals surface area contributed by atoms with Crippen molar-refractivity contribution in [3.8, 4) is 28.4 Å². The minimum absolute atomic E-state index is 0.264. The third kappa shape index (κ3) is 4.83. The third-order valence-corrected chi connectivity index (χ3v) is 5.62. The minimum atomic E-state index is 0.264. The highest BCUT2D eigenvalue weighted by Crippen LogP contribution is 2.37. The first-order valence-electron chi connectivity index (χ1n) is 11.0. The van der Waals surface area contributed by atoms with Crippen molar-refractivity contribution >= 4 is 10.8 Å². The maximum absolute atomic E-state index is 11.0. The Hall–Kier alpha value is -4.24. The highest BCUT2D eigenvalue weighted by Gasteiger charge is 2.10. The Kier molecular flexibility index (Phi) is 5.94. The standard InChI is InChI=1S/C30H24O3/c31-30-28(24-11-14-26(15-12-24)32-20-22-7-3-1-4-8-22)17-13-25-19-27(16-18-29(25)30)33-21-23-9-5-2-6-10-23/h1-19,31H,20-21H2. The zero-order chi connectivity index (χ0) is 22.5. The molecule has 5 rings (SSSR count). The fourth-order valence-corrected chi connectivity index (χ4v) is 3.83. The quantitative estimate of drug-likeness (QED) is 0.292. The number of phenols is 1. The van der Waals surface area contributed by atoms with Gasteiger partial charge >= 0.3 is 0 Å². The molecular formula is C30H24O3. The summed E-state index contributed by atoms with van der Waals surface area (Å²) in [6.07, 6.45) is 0. The molecule has 0 amide bonds. The molecule has 1 N–H and O–H groups in total. The van der Waals surface area contributed by atoms with E-state index in [4.69, 9.17) is 9.47 Å². The van der Waals surface area contributed by atoms with Crippen LogP contribution in [0.3, 0.4) is 0 Å². The Morgan fingerprint density at radius 1 is 0.545 bits per heavy atom. The van der Waals surface area contributed by atoms with Crippen LogP contribution in [0, 0.1) is 0 Å². The predicted octanol–water partition coefficient (Wildman–Crippen LogP) is 7.37. The van der Waals surface area contributed by atoms with E-state index in [1.807, 2.05) is 115 Å². The minimum Gasteiger partial charge on any atom is -0.507 e. The van der Waals surface area contributed by atoms with Gasteiger partial charge in [0.15, 0.2) is 0 Å². The van der Waals surface area contributed by atoms with Crippen LogP contribution in [0.25, 0.3) is 21.9 Å². The molecule has 0 aliphatic rings. The van der Waals surface area contributed by atoms with Crippen LogP contribution in [0.15, 0.2) is 115 Å². The van der Waals surface area contributed by atoms with Crippen LogP contribution >= 0.6 is 0 Å². The molecule has 33 heavy (non-hydrogen) atoms. The lowest BCUT2D eigenvalue weighted by molar-refractivity contribution is 0.306. The van der Waals surface area contributed by atoms with Gasteiger partial charge < -0.3 is 14.6 Å². The number of phenolic OH excluding ortho intramolecular Hbond substituents is 1. The number of rotatable bonds is 7. The summed E-state index contributed by atoms with van der Waals surface area (Å²) < 4.78 is 11.8. The lowest BCUT2D eigenvalue weighted by Gasteiger charge is -2.12. The average Bonchev–Trinajstić information content (AvgIpc) is 2.88. The Balaban J connectivity index is 1.31. The number of ether oxygens (including phenoxy) is 2. The van der Waals surface area contributed by atoms with Crippen LogP contribution in [0.4, 0.5) is 0 Å². The topological polar surface area (TPSA) is 38.7 Å². The molecule has 0 saturated heterocycles. The van der Waals surface area contributed by atoms with E-state index in [1.54, 1.807) is 0 Å². The molecule has 0 heterocycles. The van der Waals surface area contributed by atoms with Crippen molar-refractivity contribution < 1.29 is 14.6 Å². The van der Waals surface area contributed by atoms with Crippen molar-refractivity contribution in [3.05, 3.63) is 126 Å². The molecule has 162 valence electrons. The molecule has 0 aliphatic heterocycles. The van der Waals surface area contributed by atoms with E-state index in [0.717, 1.165) is 44.5 Å². The molecule has 0 bridgehead atoms. The van der Waals surface area contributed by atoms with E-state index >= 15 is 0 Å².